The lowest BCUT2D eigenvalue weighted by Gasteiger charge is -2.37. The van der Waals surface area contributed by atoms with Gasteiger partial charge in [-0.15, -0.1) is 0 Å². The molecule has 18 heavy (non-hydrogen) atoms. The van der Waals surface area contributed by atoms with Crippen molar-refractivity contribution in [3.8, 4) is 0 Å². The normalized spacial score (nSPS) is 28.6. The highest BCUT2D eigenvalue weighted by Gasteiger charge is 2.35. The highest BCUT2D eigenvalue weighted by atomic mass is 16.4. The van der Waals surface area contributed by atoms with Crippen LogP contribution in [0.5, 0.6) is 0 Å². The van der Waals surface area contributed by atoms with Gasteiger partial charge in [0.05, 0.1) is 0 Å². The molecule has 0 saturated heterocycles. The summed E-state index contributed by atoms with van der Waals surface area (Å²) in [6, 6.07) is 1.52. The Bertz CT molecular complexity index is 268. The van der Waals surface area contributed by atoms with Gasteiger partial charge < -0.3 is 5.11 Å². The number of carboxylic acid groups (broad SMARTS) is 1. The Morgan fingerprint density at radius 2 is 1.67 bits per heavy atom. The maximum absolute atomic E-state index is 10.6. The first-order chi connectivity index (χ1) is 8.70. The van der Waals surface area contributed by atoms with Gasteiger partial charge >= 0.3 is 5.97 Å². The molecule has 2 aliphatic rings. The molecule has 2 rings (SSSR count). The van der Waals surface area contributed by atoms with E-state index < -0.39 is 5.97 Å². The second-order valence-electron chi connectivity index (χ2n) is 6.05. The molecule has 3 heteroatoms. The minimum Gasteiger partial charge on any atom is -0.481 e. The number of hydrogen-bond acceptors (Lipinski definition) is 2. The van der Waals surface area contributed by atoms with Gasteiger partial charge in [0.15, 0.2) is 0 Å². The van der Waals surface area contributed by atoms with Crippen molar-refractivity contribution in [2.75, 3.05) is 6.54 Å². The zero-order valence-corrected chi connectivity index (χ0v) is 11.6. The minimum atomic E-state index is -0.652. The average Bonchev–Trinajstić information content (AvgIpc) is 3.19. The SMILES string of the molecule is CCC1CCC(N(CCCC(=O)O)C2CC2)CC1. The second-order valence-corrected chi connectivity index (χ2v) is 6.05. The maximum atomic E-state index is 10.6. The fourth-order valence-corrected chi connectivity index (χ4v) is 3.37. The second kappa shape index (κ2) is 6.55. The molecule has 0 aromatic heterocycles. The molecule has 0 spiro atoms. The molecule has 1 N–H and O–H groups in total. The lowest BCUT2D eigenvalue weighted by molar-refractivity contribution is -0.137. The fourth-order valence-electron chi connectivity index (χ4n) is 3.37. The van der Waals surface area contributed by atoms with Crippen molar-refractivity contribution in [1.29, 1.82) is 0 Å². The van der Waals surface area contributed by atoms with Gasteiger partial charge in [0.2, 0.25) is 0 Å². The van der Waals surface area contributed by atoms with Crippen LogP contribution < -0.4 is 0 Å². The third kappa shape index (κ3) is 3.98. The molecule has 0 amide bonds. The molecular weight excluding hydrogens is 226 g/mol. The number of carboxylic acids is 1. The number of nitrogens with zero attached hydrogens (tertiary/aromatic N) is 1. The summed E-state index contributed by atoms with van der Waals surface area (Å²) in [6.07, 6.45) is 10.6. The molecule has 0 atom stereocenters. The zero-order valence-electron chi connectivity index (χ0n) is 11.6. The van der Waals surface area contributed by atoms with E-state index in [1.807, 2.05) is 0 Å². The van der Waals surface area contributed by atoms with Crippen molar-refractivity contribution in [3.63, 3.8) is 0 Å². The van der Waals surface area contributed by atoms with Gasteiger partial charge in [0.1, 0.15) is 0 Å². The number of rotatable bonds is 7. The van der Waals surface area contributed by atoms with Crippen LogP contribution in [0.15, 0.2) is 0 Å². The van der Waals surface area contributed by atoms with Crippen LogP contribution in [0.25, 0.3) is 0 Å². The predicted octanol–water partition coefficient (Wildman–Crippen LogP) is 3.28. The summed E-state index contributed by atoms with van der Waals surface area (Å²) < 4.78 is 0. The highest BCUT2D eigenvalue weighted by molar-refractivity contribution is 5.66. The first kappa shape index (κ1) is 13.9. The maximum Gasteiger partial charge on any atom is 0.303 e. The molecule has 0 unspecified atom stereocenters. The number of aliphatic carboxylic acids is 1. The fraction of sp³-hybridized carbons (Fsp3) is 0.933. The topological polar surface area (TPSA) is 40.5 Å². The Labute approximate surface area is 111 Å². The number of hydrogen-bond donors (Lipinski definition) is 1. The van der Waals surface area contributed by atoms with Gasteiger partial charge in [-0.2, -0.15) is 0 Å². The summed E-state index contributed by atoms with van der Waals surface area (Å²) >= 11 is 0. The first-order valence-electron chi connectivity index (χ1n) is 7.68. The Morgan fingerprint density at radius 3 is 2.11 bits per heavy atom. The van der Waals surface area contributed by atoms with Gasteiger partial charge in [-0.25, -0.2) is 0 Å². The van der Waals surface area contributed by atoms with E-state index in [9.17, 15) is 4.79 Å². The first-order valence-corrected chi connectivity index (χ1v) is 7.68. The van der Waals surface area contributed by atoms with Crippen LogP contribution in [0.1, 0.15) is 64.7 Å². The molecule has 0 aromatic carbocycles. The Morgan fingerprint density at radius 1 is 1.11 bits per heavy atom. The van der Waals surface area contributed by atoms with Crippen LogP contribution >= 0.6 is 0 Å². The van der Waals surface area contributed by atoms with E-state index in [0.29, 0.717) is 6.42 Å². The summed E-state index contributed by atoms with van der Waals surface area (Å²) in [6.45, 7) is 3.30. The molecule has 0 aromatic rings. The van der Waals surface area contributed by atoms with Gasteiger partial charge in [0, 0.05) is 18.5 Å². The molecule has 0 bridgehead atoms. The minimum absolute atomic E-state index is 0.327. The summed E-state index contributed by atoms with van der Waals surface area (Å²) in [7, 11) is 0. The molecule has 3 nitrogen and oxygen atoms in total. The predicted molar refractivity (Wildman–Crippen MR) is 72.6 cm³/mol. The lowest BCUT2D eigenvalue weighted by Crippen LogP contribution is -2.40. The third-order valence-corrected chi connectivity index (χ3v) is 4.69. The van der Waals surface area contributed by atoms with E-state index in [1.165, 1.54) is 44.9 Å². The monoisotopic (exact) mass is 253 g/mol. The van der Waals surface area contributed by atoms with Crippen molar-refractivity contribution in [2.24, 2.45) is 5.92 Å². The zero-order chi connectivity index (χ0) is 13.0. The average molecular weight is 253 g/mol. The van der Waals surface area contributed by atoms with Crippen molar-refractivity contribution in [3.05, 3.63) is 0 Å². The van der Waals surface area contributed by atoms with E-state index in [4.69, 9.17) is 5.11 Å². The standard InChI is InChI=1S/C15H27NO2/c1-2-12-5-7-13(8-6-12)16(14-9-10-14)11-3-4-15(17)18/h12-14H,2-11H2,1H3,(H,17,18). The molecule has 0 aliphatic heterocycles. The number of carbonyl (C=O) groups is 1. The summed E-state index contributed by atoms with van der Waals surface area (Å²) in [4.78, 5) is 13.2. The van der Waals surface area contributed by atoms with Gasteiger partial charge in [-0.3, -0.25) is 9.69 Å². The highest BCUT2D eigenvalue weighted by Crippen LogP contribution is 2.36. The Balaban J connectivity index is 1.77. The Kier molecular flexibility index (Phi) is 5.04. The van der Waals surface area contributed by atoms with E-state index >= 15 is 0 Å². The van der Waals surface area contributed by atoms with Gasteiger partial charge in [-0.1, -0.05) is 13.3 Å². The molecule has 0 radical (unpaired) electrons. The summed E-state index contributed by atoms with van der Waals surface area (Å²) in [5.41, 5.74) is 0. The summed E-state index contributed by atoms with van der Waals surface area (Å²) in [5.74, 6) is 0.293. The molecule has 0 heterocycles. The van der Waals surface area contributed by atoms with Gasteiger partial charge in [-0.05, 0) is 57.4 Å². The van der Waals surface area contributed by atoms with Crippen molar-refractivity contribution < 1.29 is 9.90 Å². The van der Waals surface area contributed by atoms with Crippen molar-refractivity contribution in [1.82, 2.24) is 4.90 Å². The van der Waals surface area contributed by atoms with E-state index in [0.717, 1.165) is 31.0 Å². The molecule has 104 valence electrons. The van der Waals surface area contributed by atoms with E-state index in [2.05, 4.69) is 11.8 Å². The quantitative estimate of drug-likeness (QED) is 0.757. The van der Waals surface area contributed by atoms with Crippen LogP contribution in [-0.2, 0) is 4.79 Å². The summed E-state index contributed by atoms with van der Waals surface area (Å²) in [5, 5.41) is 8.74. The lowest BCUT2D eigenvalue weighted by atomic mass is 9.84. The molecule has 2 saturated carbocycles. The van der Waals surface area contributed by atoms with Crippen molar-refractivity contribution >= 4 is 5.97 Å². The van der Waals surface area contributed by atoms with Crippen LogP contribution in [0, 0.1) is 5.92 Å². The van der Waals surface area contributed by atoms with Crippen LogP contribution in [0.2, 0.25) is 0 Å². The largest absolute Gasteiger partial charge is 0.481 e. The Hall–Kier alpha value is -0.570. The van der Waals surface area contributed by atoms with Crippen LogP contribution in [0.3, 0.4) is 0 Å². The van der Waals surface area contributed by atoms with Crippen LogP contribution in [-0.4, -0.2) is 34.6 Å². The van der Waals surface area contributed by atoms with Gasteiger partial charge in [0.25, 0.3) is 0 Å². The smallest absolute Gasteiger partial charge is 0.303 e. The van der Waals surface area contributed by atoms with Crippen molar-refractivity contribution in [2.45, 2.75) is 76.8 Å². The van der Waals surface area contributed by atoms with E-state index in [1.54, 1.807) is 0 Å². The molecular formula is C15H27NO2. The molecule has 2 aliphatic carbocycles. The molecule has 2 fully saturated rings. The van der Waals surface area contributed by atoms with E-state index in [-0.39, 0.29) is 0 Å². The third-order valence-electron chi connectivity index (χ3n) is 4.69. The van der Waals surface area contributed by atoms with Crippen LogP contribution in [0.4, 0.5) is 0 Å².